The van der Waals surface area contributed by atoms with Crippen molar-refractivity contribution in [2.24, 2.45) is 29.6 Å². The number of likely N-dealkylation sites (N-methyl/N-ethyl adjacent to an activating group) is 2. The number of likely N-dealkylation sites (tertiary alicyclic amines) is 1. The Morgan fingerprint density at radius 1 is 0.873 bits per heavy atom. The highest BCUT2D eigenvalue weighted by Gasteiger charge is 2.46. The molecule has 1 aromatic carbocycles. The minimum absolute atomic E-state index is 0.0642. The van der Waals surface area contributed by atoms with Crippen LogP contribution in [0.15, 0.2) is 24.3 Å². The van der Waals surface area contributed by atoms with E-state index in [1.54, 1.807) is 52.0 Å². The number of benzene rings is 1. The van der Waals surface area contributed by atoms with E-state index < -0.39 is 150 Å². The van der Waals surface area contributed by atoms with E-state index in [-0.39, 0.29) is 50.6 Å². The maximum Gasteiger partial charge on any atom is 0.324 e. The Morgan fingerprint density at radius 3 is 2.08 bits per heavy atom. The molecule has 1 unspecified atom stereocenters. The van der Waals surface area contributed by atoms with Gasteiger partial charge in [-0.15, -0.1) is 0 Å². The molecular formula is C57H89N7O15. The third-order valence-corrected chi connectivity index (χ3v) is 15.6. The molecular weight excluding hydrogens is 1020 g/mol. The van der Waals surface area contributed by atoms with E-state index in [9.17, 15) is 53.4 Å². The van der Waals surface area contributed by atoms with Gasteiger partial charge < -0.3 is 55.1 Å². The molecule has 442 valence electrons. The first kappa shape index (κ1) is 65.5. The Bertz CT molecular complexity index is 2330. The van der Waals surface area contributed by atoms with Crippen LogP contribution in [0.4, 0.5) is 0 Å². The van der Waals surface area contributed by atoms with E-state index in [1.165, 1.54) is 54.7 Å². The Kier molecular flexibility index (Phi) is 24.4. The highest BCUT2D eigenvalue weighted by molar-refractivity contribution is 6.35. The van der Waals surface area contributed by atoms with Crippen molar-refractivity contribution in [2.75, 3.05) is 34.3 Å². The number of rotatable bonds is 15. The number of fused-ring (bicyclic) bond motifs is 1. The zero-order valence-corrected chi connectivity index (χ0v) is 48.8. The van der Waals surface area contributed by atoms with Crippen molar-refractivity contribution in [1.82, 2.24) is 35.6 Å². The summed E-state index contributed by atoms with van der Waals surface area (Å²) in [4.78, 5) is 146. The van der Waals surface area contributed by atoms with Gasteiger partial charge in [0.2, 0.25) is 35.3 Å². The lowest BCUT2D eigenvalue weighted by Crippen LogP contribution is -2.62. The number of carbonyl (C=O) groups excluding carboxylic acids is 10. The predicted molar refractivity (Wildman–Crippen MR) is 290 cm³/mol. The summed E-state index contributed by atoms with van der Waals surface area (Å²) >= 11 is 0. The van der Waals surface area contributed by atoms with Gasteiger partial charge in [0.25, 0.3) is 5.91 Å². The van der Waals surface area contributed by atoms with Crippen molar-refractivity contribution in [3.8, 4) is 5.75 Å². The Balaban J connectivity index is 1.89. The Hall–Kier alpha value is -6.00. The average Bonchev–Trinajstić information content (AvgIpc) is 4.13. The number of esters is 2. The summed E-state index contributed by atoms with van der Waals surface area (Å²) in [6, 6.07) is -1.83. The summed E-state index contributed by atoms with van der Waals surface area (Å²) in [5.41, 5.74) is 0.607. The van der Waals surface area contributed by atoms with Gasteiger partial charge in [-0.25, -0.2) is 0 Å². The molecule has 6 amide bonds. The first-order valence-electron chi connectivity index (χ1n) is 28.0. The van der Waals surface area contributed by atoms with Crippen LogP contribution in [0.1, 0.15) is 133 Å². The van der Waals surface area contributed by atoms with Gasteiger partial charge in [0.1, 0.15) is 48.3 Å². The second-order valence-electron chi connectivity index (χ2n) is 23.0. The number of hydrogen-bond acceptors (Lipinski definition) is 16. The number of aliphatic hydroxyl groups is 2. The lowest BCUT2D eigenvalue weighted by Gasteiger charge is -2.39. The number of nitrogens with zero attached hydrogens (tertiary/aromatic N) is 4. The largest absolute Gasteiger partial charge is 0.497 e. The molecule has 22 nitrogen and oxygen atoms in total. The molecule has 3 aliphatic rings. The van der Waals surface area contributed by atoms with E-state index in [0.29, 0.717) is 37.0 Å². The molecule has 79 heavy (non-hydrogen) atoms. The fourth-order valence-corrected chi connectivity index (χ4v) is 10.6. The zero-order valence-electron chi connectivity index (χ0n) is 48.8. The number of aliphatic hydroxyl groups excluding tert-OH is 2. The summed E-state index contributed by atoms with van der Waals surface area (Å²) in [5.74, 6) is -10.4. The van der Waals surface area contributed by atoms with Gasteiger partial charge >= 0.3 is 11.9 Å². The van der Waals surface area contributed by atoms with Gasteiger partial charge in [0, 0.05) is 27.1 Å². The van der Waals surface area contributed by atoms with Crippen LogP contribution in [0, 0.1) is 29.6 Å². The van der Waals surface area contributed by atoms with Crippen molar-refractivity contribution >= 4 is 58.9 Å². The number of ketones is 2. The lowest BCUT2D eigenvalue weighted by atomic mass is 9.91. The maximum absolute atomic E-state index is 15.0. The van der Waals surface area contributed by atoms with Gasteiger partial charge in [-0.05, 0) is 107 Å². The highest BCUT2D eigenvalue weighted by atomic mass is 16.6. The normalized spacial score (nSPS) is 28.4. The average molecular weight is 1110 g/mol. The number of amides is 6. The third kappa shape index (κ3) is 17.0. The van der Waals surface area contributed by atoms with Crippen LogP contribution in [0.5, 0.6) is 5.75 Å². The number of cyclic esters (lactones) is 2. The van der Waals surface area contributed by atoms with Crippen molar-refractivity contribution in [3.05, 3.63) is 29.8 Å². The van der Waals surface area contributed by atoms with Crippen LogP contribution in [0.3, 0.4) is 0 Å². The summed E-state index contributed by atoms with van der Waals surface area (Å²) < 4.78 is 17.3. The molecule has 0 bridgehead atoms. The van der Waals surface area contributed by atoms with Crippen LogP contribution in [0.2, 0.25) is 0 Å². The number of nitrogens with one attached hydrogen (secondary N) is 3. The number of hydrogen-bond donors (Lipinski definition) is 5. The fourth-order valence-electron chi connectivity index (χ4n) is 10.6. The van der Waals surface area contributed by atoms with Gasteiger partial charge in [0.15, 0.2) is 11.9 Å². The summed E-state index contributed by atoms with van der Waals surface area (Å²) in [5, 5.41) is 32.5. The fraction of sp³-hybridized carbons (Fsp3) is 0.719. The topological polar surface area (TPSA) is 288 Å². The Morgan fingerprint density at radius 2 is 1.51 bits per heavy atom. The molecule has 3 fully saturated rings. The standard InChI is InChI=1S/C57H89N7O15/c1-15-33(8)46-44(66)29-45(67)79-49(32(6)7)48(68)34(9)50(69)58-39(26-30(2)3)54(73)64-25-17-19-41(64)56(75)62(13)43(28-37-20-22-38(77-14)23-21-37)57(76)78-36(11)47(52(71)59-46)60-51(70)42(27-31(4)5)61(12)55(74)40-18-16-24-63(40)53(72)35(10)65/h20-23,30-34,36,39-44,46-47,49,56,66,75H,15-19,24-29H2,1-14H3,(H,58,69)(H,59,71)(H,60,70)/t33-,34-,36+,39-,40-,41-,42+,43-,44-,46+,47-,49-,56?/m0/s1. The van der Waals surface area contributed by atoms with Crippen molar-refractivity contribution in [1.29, 1.82) is 0 Å². The summed E-state index contributed by atoms with van der Waals surface area (Å²) in [7, 11) is 4.38. The van der Waals surface area contributed by atoms with Gasteiger partial charge in [-0.1, -0.05) is 73.9 Å². The molecule has 3 aliphatic heterocycles. The molecule has 0 aromatic heterocycles. The van der Waals surface area contributed by atoms with Crippen LogP contribution < -0.4 is 20.7 Å². The second kappa shape index (κ2) is 29.5. The minimum Gasteiger partial charge on any atom is -0.497 e. The smallest absolute Gasteiger partial charge is 0.324 e. The SMILES string of the molecule is CC[C@H](C)[C@H]1NC(=O)[C@@H](NC(=O)[C@@H](CC(C)C)N(C)C(=O)[C@@H]2CCCN2C(=O)C(C)=O)[C@@H](C)OC(=O)[C@H](Cc2ccc(OC)cc2)N(C)C(O)[C@@H]2CCCN2C(=O)[C@H](CC(C)C)NC(=O)[C@@H](C)C(=O)[C@H](C(C)C)OC(=O)C[C@@H]1O. The van der Waals surface area contributed by atoms with Gasteiger partial charge in [-0.3, -0.25) is 52.8 Å². The van der Waals surface area contributed by atoms with Crippen LogP contribution in [0.25, 0.3) is 0 Å². The lowest BCUT2D eigenvalue weighted by molar-refractivity contribution is -0.164. The molecule has 1 aromatic rings. The van der Waals surface area contributed by atoms with E-state index in [0.717, 1.165) is 6.92 Å². The van der Waals surface area contributed by atoms with Crippen molar-refractivity contribution in [2.45, 2.75) is 201 Å². The van der Waals surface area contributed by atoms with E-state index in [2.05, 4.69) is 16.0 Å². The molecule has 0 saturated carbocycles. The molecule has 5 N–H and O–H groups in total. The first-order valence-corrected chi connectivity index (χ1v) is 28.0. The molecule has 3 saturated heterocycles. The molecule has 22 heteroatoms. The van der Waals surface area contributed by atoms with E-state index in [4.69, 9.17) is 14.2 Å². The minimum atomic E-state index is -1.75. The first-order chi connectivity index (χ1) is 37.0. The summed E-state index contributed by atoms with van der Waals surface area (Å²) in [6.07, 6.45) is -4.94. The molecule has 4 rings (SSSR count). The second-order valence-corrected chi connectivity index (χ2v) is 23.0. The predicted octanol–water partition coefficient (Wildman–Crippen LogP) is 2.32. The monoisotopic (exact) mass is 1110 g/mol. The number of methoxy groups -OCH3 is 1. The van der Waals surface area contributed by atoms with Crippen molar-refractivity contribution < 1.29 is 72.4 Å². The third-order valence-electron chi connectivity index (χ3n) is 15.6. The van der Waals surface area contributed by atoms with Gasteiger partial charge in [-0.2, -0.15) is 0 Å². The highest BCUT2D eigenvalue weighted by Crippen LogP contribution is 2.28. The van der Waals surface area contributed by atoms with Crippen molar-refractivity contribution in [3.63, 3.8) is 0 Å². The van der Waals surface area contributed by atoms with Crippen LogP contribution in [-0.4, -0.2) is 190 Å². The molecule has 0 radical (unpaired) electrons. The molecule has 3 heterocycles. The summed E-state index contributed by atoms with van der Waals surface area (Å²) in [6.45, 7) is 18.3. The van der Waals surface area contributed by atoms with Gasteiger partial charge in [0.05, 0.1) is 37.6 Å². The molecule has 13 atom stereocenters. The molecule has 0 aliphatic carbocycles. The Labute approximate surface area is 465 Å². The van der Waals surface area contributed by atoms with E-state index in [1.807, 2.05) is 27.7 Å². The quantitative estimate of drug-likeness (QED) is 0.0957. The van der Waals surface area contributed by atoms with Crippen LogP contribution >= 0.6 is 0 Å². The number of Topliss-reactive ketones (excluding diaryl/α,β-unsaturated/α-hetero) is 2. The molecule has 0 spiro atoms. The zero-order chi connectivity index (χ0) is 59.3. The maximum atomic E-state index is 15.0. The van der Waals surface area contributed by atoms with E-state index >= 15 is 4.79 Å². The number of ether oxygens (including phenoxy) is 3. The van der Waals surface area contributed by atoms with Crippen LogP contribution in [-0.2, 0) is 63.8 Å². The number of carbonyl (C=O) groups is 10.